The van der Waals surface area contributed by atoms with Crippen molar-refractivity contribution in [3.05, 3.63) is 194 Å². The second-order valence-corrected chi connectivity index (χ2v) is 15.7. The Hall–Kier alpha value is -6.75. The molecule has 0 bridgehead atoms. The predicted molar refractivity (Wildman–Crippen MR) is 233 cm³/mol. The fourth-order valence-electron chi connectivity index (χ4n) is 8.31. The Balaban J connectivity index is 0.00000420. The first kappa shape index (κ1) is 36.6. The van der Waals surface area contributed by atoms with Crippen molar-refractivity contribution < 1.29 is 30.4 Å². The Morgan fingerprint density at radius 2 is 1.24 bits per heavy atom. The van der Waals surface area contributed by atoms with Crippen LogP contribution in [0.5, 0.6) is 11.5 Å². The predicted octanol–water partition coefficient (Wildman–Crippen LogP) is 12.0. The van der Waals surface area contributed by atoms with Crippen LogP contribution in [0, 0.1) is 18.5 Å². The molecule has 0 fully saturated rings. The number of imidazole rings is 1. The second kappa shape index (κ2) is 14.3. The van der Waals surface area contributed by atoms with Gasteiger partial charge in [0.05, 0.1) is 27.8 Å². The minimum Gasteiger partial charge on any atom is -0.510 e. The monoisotopic (exact) mass is 942 g/mol. The van der Waals surface area contributed by atoms with E-state index in [2.05, 4.69) is 197 Å². The van der Waals surface area contributed by atoms with E-state index in [1.54, 1.807) is 0 Å². The molecule has 0 radical (unpaired) electrons. The van der Waals surface area contributed by atoms with Crippen LogP contribution in [0.3, 0.4) is 0 Å². The molecule has 0 saturated carbocycles. The van der Waals surface area contributed by atoms with Crippen LogP contribution < -0.4 is 9.30 Å². The van der Waals surface area contributed by atoms with Crippen LogP contribution in [0.15, 0.2) is 170 Å². The van der Waals surface area contributed by atoms with Crippen LogP contribution in [0.25, 0.3) is 77.5 Å². The maximum Gasteiger partial charge on any atom is 0.268 e. The molecule has 0 aliphatic carbocycles. The summed E-state index contributed by atoms with van der Waals surface area (Å²) < 4.78 is 15.3. The third-order valence-electron chi connectivity index (χ3n) is 11.1. The molecular weight excluding hydrogens is 906 g/mol. The van der Waals surface area contributed by atoms with Gasteiger partial charge in [-0.3, -0.25) is 4.57 Å². The molecule has 0 N–H and O–H groups in total. The van der Waals surface area contributed by atoms with Gasteiger partial charge in [-0.05, 0) is 76.6 Å². The fourth-order valence-corrected chi connectivity index (χ4v) is 8.31. The number of ether oxygens (including phenoxy) is 1. The van der Waals surface area contributed by atoms with Crippen molar-refractivity contribution in [1.82, 2.24) is 18.7 Å². The molecule has 288 valence electrons. The molecule has 11 rings (SSSR count). The molecule has 59 heavy (non-hydrogen) atoms. The van der Waals surface area contributed by atoms with Crippen LogP contribution >= 0.6 is 0 Å². The number of rotatable bonds is 6. The third-order valence-corrected chi connectivity index (χ3v) is 11.1. The minimum atomic E-state index is -0.0190. The summed E-state index contributed by atoms with van der Waals surface area (Å²) in [5.74, 6) is 2.03. The molecule has 0 amide bonds. The first-order chi connectivity index (χ1) is 28.4. The number of aromatic nitrogens is 5. The number of pyridine rings is 1. The van der Waals surface area contributed by atoms with Gasteiger partial charge in [-0.1, -0.05) is 105 Å². The SMILES string of the molecule is CC(C)(C)c1ccnc(-n2c3[c-]c(Oc4[c-]c(-n5[c-][n+](-c6ccc7c(c6)c6ccccc6n7-c6ccccc6)c6ccccc65)ccc4)ccc3c3ccccc32)c1.[Pt]. The molecule has 7 aromatic carbocycles. The van der Waals surface area contributed by atoms with E-state index in [4.69, 9.17) is 9.72 Å². The van der Waals surface area contributed by atoms with Gasteiger partial charge in [-0.2, -0.15) is 18.2 Å². The van der Waals surface area contributed by atoms with Gasteiger partial charge in [0.15, 0.2) is 0 Å². The number of benzene rings is 7. The summed E-state index contributed by atoms with van der Waals surface area (Å²) in [7, 11) is 0. The zero-order chi connectivity index (χ0) is 39.0. The van der Waals surface area contributed by atoms with E-state index in [0.29, 0.717) is 11.5 Å². The van der Waals surface area contributed by atoms with Crippen LogP contribution in [0.4, 0.5) is 0 Å². The summed E-state index contributed by atoms with van der Waals surface area (Å²) in [6.45, 7) is 6.67. The van der Waals surface area contributed by atoms with Crippen molar-refractivity contribution in [2.24, 2.45) is 0 Å². The van der Waals surface area contributed by atoms with Crippen molar-refractivity contribution in [1.29, 1.82) is 0 Å². The summed E-state index contributed by atoms with van der Waals surface area (Å²) in [6, 6.07) is 64.1. The van der Waals surface area contributed by atoms with Gasteiger partial charge in [-0.25, -0.2) is 4.98 Å². The van der Waals surface area contributed by atoms with E-state index in [9.17, 15) is 0 Å². The number of hydrogen-bond acceptors (Lipinski definition) is 2. The van der Waals surface area contributed by atoms with E-state index < -0.39 is 0 Å². The normalized spacial score (nSPS) is 11.8. The van der Waals surface area contributed by atoms with E-state index in [1.807, 2.05) is 30.5 Å². The fraction of sp³-hybridized carbons (Fsp3) is 0.0769. The Morgan fingerprint density at radius 3 is 2.03 bits per heavy atom. The number of para-hydroxylation sites is 5. The zero-order valence-corrected chi connectivity index (χ0v) is 34.9. The van der Waals surface area contributed by atoms with Crippen molar-refractivity contribution in [2.45, 2.75) is 26.2 Å². The molecule has 0 aliphatic rings. The van der Waals surface area contributed by atoms with E-state index in [-0.39, 0.29) is 26.5 Å². The molecule has 4 aromatic heterocycles. The quantitative estimate of drug-likeness (QED) is 0.123. The van der Waals surface area contributed by atoms with Gasteiger partial charge >= 0.3 is 0 Å². The largest absolute Gasteiger partial charge is 0.510 e. The van der Waals surface area contributed by atoms with Crippen LogP contribution in [-0.4, -0.2) is 18.7 Å². The Morgan fingerprint density at radius 1 is 0.559 bits per heavy atom. The first-order valence-corrected chi connectivity index (χ1v) is 19.6. The van der Waals surface area contributed by atoms with Gasteiger partial charge in [0, 0.05) is 60.7 Å². The maximum atomic E-state index is 6.56. The van der Waals surface area contributed by atoms with E-state index in [0.717, 1.165) is 61.2 Å². The molecule has 4 heterocycles. The molecule has 0 unspecified atom stereocenters. The van der Waals surface area contributed by atoms with E-state index >= 15 is 0 Å². The summed E-state index contributed by atoms with van der Waals surface area (Å²) in [6.07, 6.45) is 5.56. The van der Waals surface area contributed by atoms with E-state index in [1.165, 1.54) is 21.9 Å². The smallest absolute Gasteiger partial charge is 0.268 e. The van der Waals surface area contributed by atoms with Crippen LogP contribution in [0.1, 0.15) is 26.3 Å². The Bertz CT molecular complexity index is 3370. The third kappa shape index (κ3) is 6.14. The molecule has 6 nitrogen and oxygen atoms in total. The zero-order valence-electron chi connectivity index (χ0n) is 32.6. The van der Waals surface area contributed by atoms with Gasteiger partial charge in [0.2, 0.25) is 0 Å². The number of nitrogens with zero attached hydrogens (tertiary/aromatic N) is 5. The summed E-state index contributed by atoms with van der Waals surface area (Å²) in [5.41, 5.74) is 10.5. The maximum absolute atomic E-state index is 6.56. The summed E-state index contributed by atoms with van der Waals surface area (Å²) in [4.78, 5) is 4.83. The number of fused-ring (bicyclic) bond motifs is 7. The number of hydrogen-bond donors (Lipinski definition) is 0. The van der Waals surface area contributed by atoms with Gasteiger partial charge in [-0.15, -0.1) is 29.7 Å². The Labute approximate surface area is 356 Å². The molecular formula is C52H37N5OPt-2. The molecule has 0 atom stereocenters. The molecule has 7 heteroatoms. The van der Waals surface area contributed by atoms with Crippen molar-refractivity contribution >= 4 is 54.6 Å². The van der Waals surface area contributed by atoms with Gasteiger partial charge < -0.3 is 18.4 Å². The van der Waals surface area contributed by atoms with Crippen molar-refractivity contribution in [3.8, 4) is 34.4 Å². The minimum absolute atomic E-state index is 0. The molecule has 11 aromatic rings. The second-order valence-electron chi connectivity index (χ2n) is 15.7. The first-order valence-electron chi connectivity index (χ1n) is 19.6. The standard InChI is InChI=1S/C52H37N5O.Pt/c1-52(2,3)35-28-29-53-51(30-35)57-46-21-10-7-18-41(46)43-26-25-40(33-50(43)57)58-39-17-13-16-37(31-39)54-34-55(49-23-12-11-22-48(49)54)38-24-27-47-44(32-38)42-19-8-9-20-45(42)56(47)36-14-5-4-6-15-36;/h4-30,32H,1-3H3;/q-2;. The van der Waals surface area contributed by atoms with Crippen molar-refractivity contribution in [2.75, 3.05) is 0 Å². The van der Waals surface area contributed by atoms with Gasteiger partial charge in [0.25, 0.3) is 6.33 Å². The van der Waals surface area contributed by atoms with Crippen LogP contribution in [-0.2, 0) is 26.5 Å². The summed E-state index contributed by atoms with van der Waals surface area (Å²) in [5, 5.41) is 4.61. The summed E-state index contributed by atoms with van der Waals surface area (Å²) >= 11 is 0. The molecule has 0 aliphatic heterocycles. The van der Waals surface area contributed by atoms with Gasteiger partial charge in [0.1, 0.15) is 5.82 Å². The average Bonchev–Trinajstić information content (AvgIpc) is 3.92. The Kier molecular flexibility index (Phi) is 8.84. The average molecular weight is 943 g/mol. The van der Waals surface area contributed by atoms with Crippen LogP contribution in [0.2, 0.25) is 0 Å². The van der Waals surface area contributed by atoms with Crippen molar-refractivity contribution in [3.63, 3.8) is 0 Å². The molecule has 0 saturated heterocycles. The topological polar surface area (TPSA) is 40.8 Å². The molecule has 0 spiro atoms.